The predicted octanol–water partition coefficient (Wildman–Crippen LogP) is 3.20. The lowest BCUT2D eigenvalue weighted by Crippen LogP contribution is -2.42. The molecule has 1 saturated heterocycles. The van der Waals surface area contributed by atoms with Crippen molar-refractivity contribution in [2.24, 2.45) is 11.8 Å². The van der Waals surface area contributed by atoms with Crippen molar-refractivity contribution < 1.29 is 19.1 Å². The molecule has 1 atom stereocenters. The molecule has 26 heavy (non-hydrogen) atoms. The number of likely N-dealkylation sites (tertiary alicyclic amines) is 1. The zero-order valence-corrected chi connectivity index (χ0v) is 15.1. The topological polar surface area (TPSA) is 55.8 Å². The highest BCUT2D eigenvalue weighted by Crippen LogP contribution is 2.22. The van der Waals surface area contributed by atoms with E-state index >= 15 is 0 Å². The van der Waals surface area contributed by atoms with Gasteiger partial charge in [0.2, 0.25) is 0 Å². The van der Waals surface area contributed by atoms with Gasteiger partial charge in [0.15, 0.2) is 6.61 Å². The summed E-state index contributed by atoms with van der Waals surface area (Å²) in [6.45, 7) is 1.73. The first-order valence-electron chi connectivity index (χ1n) is 9.49. The zero-order chi connectivity index (χ0) is 18.2. The van der Waals surface area contributed by atoms with Crippen LogP contribution in [0.5, 0.6) is 5.75 Å². The van der Waals surface area contributed by atoms with E-state index < -0.39 is 0 Å². The lowest BCUT2D eigenvalue weighted by Gasteiger charge is -2.31. The summed E-state index contributed by atoms with van der Waals surface area (Å²) in [6.07, 6.45) is 8.87. The molecule has 1 aromatic carbocycles. The van der Waals surface area contributed by atoms with Crippen molar-refractivity contribution in [3.8, 4) is 5.75 Å². The second-order valence-electron chi connectivity index (χ2n) is 7.04. The van der Waals surface area contributed by atoms with E-state index in [0.29, 0.717) is 44.2 Å². The van der Waals surface area contributed by atoms with E-state index in [1.807, 2.05) is 30.3 Å². The van der Waals surface area contributed by atoms with Gasteiger partial charge in [0.25, 0.3) is 5.91 Å². The summed E-state index contributed by atoms with van der Waals surface area (Å²) in [6, 6.07) is 9.32. The number of esters is 1. The number of piperidine rings is 1. The van der Waals surface area contributed by atoms with Gasteiger partial charge in [0.05, 0.1) is 12.5 Å². The van der Waals surface area contributed by atoms with Crippen molar-refractivity contribution >= 4 is 11.9 Å². The predicted molar refractivity (Wildman–Crippen MR) is 98.7 cm³/mol. The average molecular weight is 357 g/mol. The molecule has 1 aliphatic carbocycles. The highest BCUT2D eigenvalue weighted by Gasteiger charge is 2.29. The Morgan fingerprint density at radius 3 is 2.50 bits per heavy atom. The first-order valence-corrected chi connectivity index (χ1v) is 9.49. The van der Waals surface area contributed by atoms with Crippen molar-refractivity contribution in [1.29, 1.82) is 0 Å². The molecule has 1 amide bonds. The minimum absolute atomic E-state index is 0.0327. The molecule has 1 aromatic rings. The van der Waals surface area contributed by atoms with Crippen LogP contribution in [0.1, 0.15) is 32.1 Å². The van der Waals surface area contributed by atoms with Crippen molar-refractivity contribution in [3.63, 3.8) is 0 Å². The summed E-state index contributed by atoms with van der Waals surface area (Å²) in [4.78, 5) is 26.3. The fraction of sp³-hybridized carbons (Fsp3) is 0.524. The minimum Gasteiger partial charge on any atom is -0.484 e. The van der Waals surface area contributed by atoms with Crippen LogP contribution in [0, 0.1) is 11.8 Å². The van der Waals surface area contributed by atoms with Crippen LogP contribution in [-0.4, -0.2) is 43.1 Å². The Balaban J connectivity index is 1.35. The van der Waals surface area contributed by atoms with E-state index in [1.165, 1.54) is 0 Å². The molecule has 5 nitrogen and oxygen atoms in total. The normalized spacial score (nSPS) is 20.6. The summed E-state index contributed by atoms with van der Waals surface area (Å²) < 4.78 is 11.0. The standard InChI is InChI=1S/C21H27NO4/c23-20(16-25-19-9-5-2-6-10-19)22-13-11-18(12-14-22)21(24)26-15-17-7-3-1-4-8-17/h1-3,5-6,9-10,17-18H,4,7-8,11-16H2. The fourth-order valence-corrected chi connectivity index (χ4v) is 3.44. The van der Waals surface area contributed by atoms with Crippen molar-refractivity contribution in [3.05, 3.63) is 42.5 Å². The third-order valence-electron chi connectivity index (χ3n) is 5.13. The first kappa shape index (κ1) is 18.5. The largest absolute Gasteiger partial charge is 0.484 e. The van der Waals surface area contributed by atoms with E-state index in [4.69, 9.17) is 9.47 Å². The summed E-state index contributed by atoms with van der Waals surface area (Å²) in [7, 11) is 0. The van der Waals surface area contributed by atoms with Gasteiger partial charge >= 0.3 is 5.97 Å². The Kier molecular flexibility index (Phi) is 6.69. The van der Waals surface area contributed by atoms with Gasteiger partial charge in [0.1, 0.15) is 5.75 Å². The van der Waals surface area contributed by atoms with Crippen molar-refractivity contribution in [2.45, 2.75) is 32.1 Å². The number of nitrogens with zero attached hydrogens (tertiary/aromatic N) is 1. The Bertz CT molecular complexity index is 620. The molecule has 0 aromatic heterocycles. The van der Waals surface area contributed by atoms with E-state index in [1.54, 1.807) is 4.90 Å². The number of hydrogen-bond acceptors (Lipinski definition) is 4. The lowest BCUT2D eigenvalue weighted by molar-refractivity contribution is -0.153. The maximum atomic E-state index is 12.3. The summed E-state index contributed by atoms with van der Waals surface area (Å²) in [5.74, 6) is 0.924. The maximum absolute atomic E-state index is 12.3. The van der Waals surface area contributed by atoms with Crippen LogP contribution in [0.4, 0.5) is 0 Å². The van der Waals surface area contributed by atoms with Crippen LogP contribution in [-0.2, 0) is 14.3 Å². The van der Waals surface area contributed by atoms with Crippen molar-refractivity contribution in [2.75, 3.05) is 26.3 Å². The summed E-state index contributed by atoms with van der Waals surface area (Å²) in [5, 5.41) is 0. The number of rotatable bonds is 6. The minimum atomic E-state index is -0.104. The third kappa shape index (κ3) is 5.35. The first-order chi connectivity index (χ1) is 12.7. The van der Waals surface area contributed by atoms with Gasteiger partial charge in [0, 0.05) is 13.1 Å². The van der Waals surface area contributed by atoms with E-state index in [0.717, 1.165) is 19.3 Å². The van der Waals surface area contributed by atoms with Crippen LogP contribution < -0.4 is 4.74 Å². The number of hydrogen-bond donors (Lipinski definition) is 0. The van der Waals surface area contributed by atoms with E-state index in [2.05, 4.69) is 12.2 Å². The number of amides is 1. The number of carbonyl (C=O) groups excluding carboxylic acids is 2. The van der Waals surface area contributed by atoms with E-state index in [-0.39, 0.29) is 24.4 Å². The zero-order valence-electron chi connectivity index (χ0n) is 15.1. The van der Waals surface area contributed by atoms with Crippen LogP contribution in [0.15, 0.2) is 42.5 Å². The quantitative estimate of drug-likeness (QED) is 0.579. The summed E-state index contributed by atoms with van der Waals surface area (Å²) in [5.41, 5.74) is 0. The Morgan fingerprint density at radius 2 is 1.81 bits per heavy atom. The van der Waals surface area contributed by atoms with Gasteiger partial charge < -0.3 is 14.4 Å². The van der Waals surface area contributed by atoms with E-state index in [9.17, 15) is 9.59 Å². The van der Waals surface area contributed by atoms with Gasteiger partial charge in [-0.25, -0.2) is 0 Å². The molecule has 1 unspecified atom stereocenters. The molecule has 2 aliphatic rings. The van der Waals surface area contributed by atoms with Crippen molar-refractivity contribution in [1.82, 2.24) is 4.90 Å². The molecule has 1 heterocycles. The second kappa shape index (κ2) is 9.41. The van der Waals surface area contributed by atoms with Crippen LogP contribution in [0.25, 0.3) is 0 Å². The van der Waals surface area contributed by atoms with Gasteiger partial charge in [-0.2, -0.15) is 0 Å². The molecule has 5 heteroatoms. The molecular formula is C21H27NO4. The fourth-order valence-electron chi connectivity index (χ4n) is 3.44. The number of allylic oxidation sites excluding steroid dienone is 2. The van der Waals surface area contributed by atoms with Gasteiger partial charge in [-0.3, -0.25) is 9.59 Å². The van der Waals surface area contributed by atoms with Gasteiger partial charge in [-0.1, -0.05) is 30.4 Å². The number of benzene rings is 1. The average Bonchev–Trinajstić information content (AvgIpc) is 2.72. The third-order valence-corrected chi connectivity index (χ3v) is 5.13. The molecule has 0 spiro atoms. The number of carbonyl (C=O) groups is 2. The maximum Gasteiger partial charge on any atom is 0.309 e. The highest BCUT2D eigenvalue weighted by atomic mass is 16.5. The Labute approximate surface area is 155 Å². The molecule has 0 N–H and O–H groups in total. The summed E-state index contributed by atoms with van der Waals surface area (Å²) >= 11 is 0. The van der Waals surface area contributed by atoms with Crippen LogP contribution in [0.3, 0.4) is 0 Å². The molecule has 140 valence electrons. The highest BCUT2D eigenvalue weighted by molar-refractivity contribution is 5.78. The molecule has 0 bridgehead atoms. The van der Waals surface area contributed by atoms with Gasteiger partial charge in [-0.05, 0) is 50.2 Å². The SMILES string of the molecule is O=C(OCC1CC=CCC1)C1CCN(C(=O)COc2ccccc2)CC1. The molecule has 3 rings (SSSR count). The smallest absolute Gasteiger partial charge is 0.309 e. The number of para-hydroxylation sites is 1. The second-order valence-corrected chi connectivity index (χ2v) is 7.04. The molecular weight excluding hydrogens is 330 g/mol. The molecule has 0 saturated carbocycles. The Morgan fingerprint density at radius 1 is 1.04 bits per heavy atom. The number of ether oxygens (including phenoxy) is 2. The lowest BCUT2D eigenvalue weighted by atomic mass is 9.94. The van der Waals surface area contributed by atoms with Crippen LogP contribution in [0.2, 0.25) is 0 Å². The monoisotopic (exact) mass is 357 g/mol. The molecule has 1 fully saturated rings. The molecule has 1 aliphatic heterocycles. The molecule has 0 radical (unpaired) electrons. The Hall–Kier alpha value is -2.30. The van der Waals surface area contributed by atoms with Gasteiger partial charge in [-0.15, -0.1) is 0 Å². The van der Waals surface area contributed by atoms with Crippen LogP contribution >= 0.6 is 0 Å².